The zero-order valence-corrected chi connectivity index (χ0v) is 15.9. The van der Waals surface area contributed by atoms with Crippen molar-refractivity contribution in [2.45, 2.75) is 0 Å². The molecule has 0 saturated heterocycles. The Kier molecular flexibility index (Phi) is 5.05. The molecule has 0 bridgehead atoms. The molecule has 6 N–H and O–H groups in total. The number of benzene rings is 4. The Morgan fingerprint density at radius 2 is 1.10 bits per heavy atom. The molecule has 0 aliphatic heterocycles. The van der Waals surface area contributed by atoms with Crippen molar-refractivity contribution in [3.63, 3.8) is 0 Å². The van der Waals surface area contributed by atoms with Crippen LogP contribution in [0.5, 0.6) is 34.5 Å². The van der Waals surface area contributed by atoms with Crippen LogP contribution in [-0.4, -0.2) is 10.2 Å². The van der Waals surface area contributed by atoms with Crippen LogP contribution < -0.4 is 20.9 Å². The van der Waals surface area contributed by atoms with Crippen molar-refractivity contribution in [3.8, 4) is 45.6 Å². The molecular formula is C24H20N2O4. The molecule has 0 spiro atoms. The van der Waals surface area contributed by atoms with Crippen molar-refractivity contribution in [1.82, 2.24) is 0 Å². The fourth-order valence-electron chi connectivity index (χ4n) is 2.93. The molecule has 0 aliphatic rings. The van der Waals surface area contributed by atoms with E-state index in [1.54, 1.807) is 24.3 Å². The molecule has 0 fully saturated rings. The highest BCUT2D eigenvalue weighted by Crippen LogP contribution is 2.36. The number of ether oxygens (including phenoxy) is 2. The summed E-state index contributed by atoms with van der Waals surface area (Å²) in [5, 5.41) is 19.5. The van der Waals surface area contributed by atoms with Gasteiger partial charge in [0.25, 0.3) is 0 Å². The number of rotatable bonds is 5. The van der Waals surface area contributed by atoms with E-state index in [-0.39, 0.29) is 11.5 Å². The van der Waals surface area contributed by atoms with Gasteiger partial charge in [0.2, 0.25) is 0 Å². The Hall–Kier alpha value is -4.32. The van der Waals surface area contributed by atoms with Gasteiger partial charge in [-0.3, -0.25) is 0 Å². The first-order valence-corrected chi connectivity index (χ1v) is 9.22. The van der Waals surface area contributed by atoms with Gasteiger partial charge in [-0.2, -0.15) is 0 Å². The molecule has 0 saturated carbocycles. The van der Waals surface area contributed by atoms with Gasteiger partial charge in [-0.25, -0.2) is 0 Å². The third-order valence-corrected chi connectivity index (χ3v) is 4.52. The molecule has 0 amide bonds. The second kappa shape index (κ2) is 7.97. The predicted molar refractivity (Wildman–Crippen MR) is 117 cm³/mol. The number of phenols is 2. The first kappa shape index (κ1) is 19.0. The van der Waals surface area contributed by atoms with Gasteiger partial charge in [0.1, 0.15) is 34.5 Å². The second-order valence-corrected chi connectivity index (χ2v) is 6.67. The summed E-state index contributed by atoms with van der Waals surface area (Å²) in [6, 6.07) is 24.6. The third-order valence-electron chi connectivity index (χ3n) is 4.52. The zero-order chi connectivity index (χ0) is 21.1. The maximum Gasteiger partial charge on any atom is 0.142 e. The summed E-state index contributed by atoms with van der Waals surface area (Å²) in [6.45, 7) is 0. The molecule has 0 unspecified atom stereocenters. The minimum atomic E-state index is -0.0276. The molecule has 0 atom stereocenters. The van der Waals surface area contributed by atoms with Crippen LogP contribution in [0.3, 0.4) is 0 Å². The predicted octanol–water partition coefficient (Wildman–Crippen LogP) is 5.51. The van der Waals surface area contributed by atoms with Crippen molar-refractivity contribution >= 4 is 11.4 Å². The lowest BCUT2D eigenvalue weighted by Gasteiger charge is -2.13. The number of hydrogen-bond acceptors (Lipinski definition) is 6. The molecule has 150 valence electrons. The summed E-state index contributed by atoms with van der Waals surface area (Å²) in [6.07, 6.45) is 0. The van der Waals surface area contributed by atoms with Gasteiger partial charge in [0, 0.05) is 17.7 Å². The average molecular weight is 400 g/mol. The van der Waals surface area contributed by atoms with Crippen LogP contribution >= 0.6 is 0 Å². The van der Waals surface area contributed by atoms with Gasteiger partial charge in [-0.15, -0.1) is 0 Å². The lowest BCUT2D eigenvalue weighted by molar-refractivity contribution is 0.456. The van der Waals surface area contributed by atoms with Gasteiger partial charge in [0.05, 0.1) is 11.4 Å². The van der Waals surface area contributed by atoms with Crippen molar-refractivity contribution in [3.05, 3.63) is 84.9 Å². The van der Waals surface area contributed by atoms with E-state index in [9.17, 15) is 10.2 Å². The van der Waals surface area contributed by atoms with Gasteiger partial charge in [-0.05, 0) is 48.0 Å². The molecule has 0 radical (unpaired) electrons. The summed E-state index contributed by atoms with van der Waals surface area (Å²) in [5.74, 6) is 2.17. The smallest absolute Gasteiger partial charge is 0.142 e. The highest BCUT2D eigenvalue weighted by molar-refractivity contribution is 5.71. The Morgan fingerprint density at radius 1 is 0.567 bits per heavy atom. The van der Waals surface area contributed by atoms with Crippen molar-refractivity contribution in [2.24, 2.45) is 0 Å². The Bertz CT molecular complexity index is 1190. The molecule has 4 aromatic rings. The van der Waals surface area contributed by atoms with Gasteiger partial charge in [0.15, 0.2) is 0 Å². The SMILES string of the molecule is Nc1ccc(Oc2ccc(-c3ccccc3Oc3ccc(N)c(O)c3)cc2)cc1O. The number of nitrogens with two attached hydrogens (primary N) is 2. The van der Waals surface area contributed by atoms with E-state index >= 15 is 0 Å². The number of phenolic OH excluding ortho intramolecular Hbond substituents is 2. The normalized spacial score (nSPS) is 10.5. The molecule has 30 heavy (non-hydrogen) atoms. The average Bonchev–Trinajstić information content (AvgIpc) is 2.75. The monoisotopic (exact) mass is 400 g/mol. The van der Waals surface area contributed by atoms with Crippen molar-refractivity contribution in [2.75, 3.05) is 11.5 Å². The number of para-hydroxylation sites is 1. The van der Waals surface area contributed by atoms with Crippen LogP contribution in [-0.2, 0) is 0 Å². The lowest BCUT2D eigenvalue weighted by Crippen LogP contribution is -1.91. The van der Waals surface area contributed by atoms with Crippen LogP contribution in [0.25, 0.3) is 11.1 Å². The Balaban J connectivity index is 1.57. The number of aromatic hydroxyl groups is 2. The van der Waals surface area contributed by atoms with E-state index in [0.29, 0.717) is 34.4 Å². The van der Waals surface area contributed by atoms with Crippen LogP contribution in [0.2, 0.25) is 0 Å². The topological polar surface area (TPSA) is 111 Å². The molecule has 4 aromatic carbocycles. The molecule has 0 heterocycles. The summed E-state index contributed by atoms with van der Waals surface area (Å²) in [5.41, 5.74) is 13.7. The summed E-state index contributed by atoms with van der Waals surface area (Å²) >= 11 is 0. The van der Waals surface area contributed by atoms with E-state index in [1.807, 2.05) is 48.5 Å². The van der Waals surface area contributed by atoms with Crippen LogP contribution in [0.4, 0.5) is 11.4 Å². The first-order valence-electron chi connectivity index (χ1n) is 9.22. The highest BCUT2D eigenvalue weighted by Gasteiger charge is 2.09. The van der Waals surface area contributed by atoms with Crippen molar-refractivity contribution in [1.29, 1.82) is 0 Å². The fraction of sp³-hybridized carbons (Fsp3) is 0. The first-order chi connectivity index (χ1) is 14.5. The summed E-state index contributed by atoms with van der Waals surface area (Å²) in [4.78, 5) is 0. The number of nitrogen functional groups attached to an aromatic ring is 2. The lowest BCUT2D eigenvalue weighted by atomic mass is 10.0. The zero-order valence-electron chi connectivity index (χ0n) is 15.9. The van der Waals surface area contributed by atoms with Gasteiger partial charge < -0.3 is 31.2 Å². The van der Waals surface area contributed by atoms with Gasteiger partial charge in [-0.1, -0.05) is 30.3 Å². The number of anilines is 2. The standard InChI is InChI=1S/C24H20N2O4/c25-20-11-9-17(13-22(20)27)29-16-7-5-15(6-8-16)19-3-1-2-4-24(19)30-18-10-12-21(26)23(28)14-18/h1-14,27-28H,25-26H2. The van der Waals surface area contributed by atoms with E-state index in [0.717, 1.165) is 11.1 Å². The fourth-order valence-corrected chi connectivity index (χ4v) is 2.93. The van der Waals surface area contributed by atoms with E-state index in [1.165, 1.54) is 12.1 Å². The minimum absolute atomic E-state index is 0.0242. The molecule has 0 aliphatic carbocycles. The molecular weight excluding hydrogens is 380 g/mol. The minimum Gasteiger partial charge on any atom is -0.506 e. The number of hydrogen-bond donors (Lipinski definition) is 4. The quantitative estimate of drug-likeness (QED) is 0.259. The third kappa shape index (κ3) is 4.07. The largest absolute Gasteiger partial charge is 0.506 e. The maximum atomic E-state index is 9.81. The van der Waals surface area contributed by atoms with E-state index in [4.69, 9.17) is 20.9 Å². The Labute approximate surface area is 173 Å². The second-order valence-electron chi connectivity index (χ2n) is 6.67. The van der Waals surface area contributed by atoms with Crippen LogP contribution in [0.15, 0.2) is 84.9 Å². The highest BCUT2D eigenvalue weighted by atomic mass is 16.5. The molecule has 0 aromatic heterocycles. The molecule has 6 nitrogen and oxygen atoms in total. The van der Waals surface area contributed by atoms with E-state index < -0.39 is 0 Å². The van der Waals surface area contributed by atoms with Crippen molar-refractivity contribution < 1.29 is 19.7 Å². The molecule has 6 heteroatoms. The van der Waals surface area contributed by atoms with Crippen LogP contribution in [0.1, 0.15) is 0 Å². The molecule has 4 rings (SSSR count). The Morgan fingerprint density at radius 3 is 1.70 bits per heavy atom. The van der Waals surface area contributed by atoms with E-state index in [2.05, 4.69) is 0 Å². The van der Waals surface area contributed by atoms with Crippen LogP contribution in [0, 0.1) is 0 Å². The maximum absolute atomic E-state index is 9.81. The summed E-state index contributed by atoms with van der Waals surface area (Å²) < 4.78 is 11.7. The summed E-state index contributed by atoms with van der Waals surface area (Å²) in [7, 11) is 0. The van der Waals surface area contributed by atoms with Gasteiger partial charge >= 0.3 is 0 Å².